The van der Waals surface area contributed by atoms with Crippen molar-refractivity contribution in [1.82, 2.24) is 9.80 Å². The van der Waals surface area contributed by atoms with E-state index in [1.165, 1.54) is 17.7 Å². The molecule has 2 aromatic carbocycles. The standard InChI is InChI=1S/C20H24FN3O/c21-18-9-4-10-19(16-18)22-20(25)24-14-12-23(13-15-24)11-5-8-17-6-2-1-3-7-17/h1-4,6-7,9-10,16H,5,8,11-15H2,(H,22,25). The second-order valence-electron chi connectivity index (χ2n) is 6.36. The second-order valence-corrected chi connectivity index (χ2v) is 6.36. The van der Waals surface area contributed by atoms with Crippen LogP contribution >= 0.6 is 0 Å². The number of rotatable bonds is 5. The van der Waals surface area contributed by atoms with Gasteiger partial charge < -0.3 is 10.2 Å². The number of anilines is 1. The molecule has 1 saturated heterocycles. The Kier molecular flexibility index (Phi) is 6.01. The van der Waals surface area contributed by atoms with Crippen molar-refractivity contribution in [2.75, 3.05) is 38.0 Å². The summed E-state index contributed by atoms with van der Waals surface area (Å²) in [6.45, 7) is 4.21. The number of amides is 2. The van der Waals surface area contributed by atoms with Crippen molar-refractivity contribution < 1.29 is 9.18 Å². The number of hydrogen-bond donors (Lipinski definition) is 1. The normalized spacial score (nSPS) is 15.2. The number of nitrogens with one attached hydrogen (secondary N) is 1. The van der Waals surface area contributed by atoms with Gasteiger partial charge in [0.2, 0.25) is 0 Å². The van der Waals surface area contributed by atoms with Gasteiger partial charge in [0, 0.05) is 31.9 Å². The van der Waals surface area contributed by atoms with E-state index in [-0.39, 0.29) is 11.8 Å². The Balaban J connectivity index is 1.38. The molecule has 2 amide bonds. The summed E-state index contributed by atoms with van der Waals surface area (Å²) < 4.78 is 13.2. The molecule has 0 spiro atoms. The third-order valence-corrected chi connectivity index (χ3v) is 4.52. The fraction of sp³-hybridized carbons (Fsp3) is 0.350. The van der Waals surface area contributed by atoms with Crippen LogP contribution in [0.25, 0.3) is 0 Å². The summed E-state index contributed by atoms with van der Waals surface area (Å²) in [5, 5.41) is 2.76. The summed E-state index contributed by atoms with van der Waals surface area (Å²) in [6, 6.07) is 16.3. The Bertz CT molecular complexity index is 684. The third kappa shape index (κ3) is 5.29. The lowest BCUT2D eigenvalue weighted by atomic mass is 10.1. The average Bonchev–Trinajstić information content (AvgIpc) is 2.63. The van der Waals surface area contributed by atoms with E-state index in [4.69, 9.17) is 0 Å². The predicted octanol–water partition coefficient (Wildman–Crippen LogP) is 3.61. The molecule has 5 heteroatoms. The minimum Gasteiger partial charge on any atom is -0.322 e. The molecule has 1 fully saturated rings. The first-order valence-corrected chi connectivity index (χ1v) is 8.78. The predicted molar refractivity (Wildman–Crippen MR) is 98.2 cm³/mol. The molecule has 2 aromatic rings. The zero-order valence-corrected chi connectivity index (χ0v) is 14.3. The number of carbonyl (C=O) groups is 1. The van der Waals surface area contributed by atoms with Crippen LogP contribution in [0.4, 0.5) is 14.9 Å². The summed E-state index contributed by atoms with van der Waals surface area (Å²) in [5.74, 6) is -0.346. The van der Waals surface area contributed by atoms with Crippen molar-refractivity contribution in [3.8, 4) is 0 Å². The third-order valence-electron chi connectivity index (χ3n) is 4.52. The molecule has 132 valence electrons. The molecule has 3 rings (SSSR count). The lowest BCUT2D eigenvalue weighted by Gasteiger charge is -2.34. The molecule has 0 unspecified atom stereocenters. The highest BCUT2D eigenvalue weighted by Crippen LogP contribution is 2.12. The molecule has 0 atom stereocenters. The Morgan fingerprint density at radius 2 is 1.76 bits per heavy atom. The quantitative estimate of drug-likeness (QED) is 0.902. The number of nitrogens with zero attached hydrogens (tertiary/aromatic N) is 2. The smallest absolute Gasteiger partial charge is 0.321 e. The van der Waals surface area contributed by atoms with Gasteiger partial charge in [0.15, 0.2) is 0 Å². The Morgan fingerprint density at radius 3 is 2.48 bits per heavy atom. The van der Waals surface area contributed by atoms with Crippen molar-refractivity contribution in [2.45, 2.75) is 12.8 Å². The molecule has 25 heavy (non-hydrogen) atoms. The maximum absolute atomic E-state index is 13.2. The van der Waals surface area contributed by atoms with E-state index in [9.17, 15) is 9.18 Å². The highest BCUT2D eigenvalue weighted by molar-refractivity contribution is 5.89. The van der Waals surface area contributed by atoms with Gasteiger partial charge in [-0.25, -0.2) is 9.18 Å². The lowest BCUT2D eigenvalue weighted by Crippen LogP contribution is -2.50. The van der Waals surface area contributed by atoms with Crippen LogP contribution in [-0.4, -0.2) is 48.6 Å². The van der Waals surface area contributed by atoms with Gasteiger partial charge in [0.1, 0.15) is 5.82 Å². The average molecular weight is 341 g/mol. The number of halogens is 1. The van der Waals surface area contributed by atoms with Crippen LogP contribution in [0.15, 0.2) is 54.6 Å². The molecular weight excluding hydrogens is 317 g/mol. The number of piperazine rings is 1. The molecule has 0 aliphatic carbocycles. The van der Waals surface area contributed by atoms with Crippen molar-refractivity contribution in [2.24, 2.45) is 0 Å². The number of urea groups is 1. The molecule has 0 saturated carbocycles. The van der Waals surface area contributed by atoms with E-state index in [0.29, 0.717) is 18.8 Å². The molecule has 1 heterocycles. The van der Waals surface area contributed by atoms with Gasteiger partial charge in [-0.15, -0.1) is 0 Å². The minimum absolute atomic E-state index is 0.158. The maximum Gasteiger partial charge on any atom is 0.321 e. The summed E-state index contributed by atoms with van der Waals surface area (Å²) in [4.78, 5) is 16.4. The zero-order valence-electron chi connectivity index (χ0n) is 14.3. The maximum atomic E-state index is 13.2. The zero-order chi connectivity index (χ0) is 17.5. The minimum atomic E-state index is -0.346. The number of carbonyl (C=O) groups excluding carboxylic acids is 1. The molecule has 1 aliphatic heterocycles. The monoisotopic (exact) mass is 341 g/mol. The van der Waals surface area contributed by atoms with E-state index in [1.54, 1.807) is 17.0 Å². The van der Waals surface area contributed by atoms with Crippen molar-refractivity contribution in [1.29, 1.82) is 0 Å². The van der Waals surface area contributed by atoms with Crippen LogP contribution in [0.2, 0.25) is 0 Å². The van der Waals surface area contributed by atoms with Gasteiger partial charge in [-0.3, -0.25) is 4.90 Å². The summed E-state index contributed by atoms with van der Waals surface area (Å²) in [7, 11) is 0. The van der Waals surface area contributed by atoms with Gasteiger partial charge >= 0.3 is 6.03 Å². The Hall–Kier alpha value is -2.40. The first-order chi connectivity index (χ1) is 12.2. The number of aryl methyl sites for hydroxylation is 1. The van der Waals surface area contributed by atoms with Crippen molar-refractivity contribution >= 4 is 11.7 Å². The van der Waals surface area contributed by atoms with Crippen molar-refractivity contribution in [3.63, 3.8) is 0 Å². The van der Waals surface area contributed by atoms with Gasteiger partial charge in [0.05, 0.1) is 0 Å². The van der Waals surface area contributed by atoms with Gasteiger partial charge in [-0.2, -0.15) is 0 Å². The van der Waals surface area contributed by atoms with Crippen LogP contribution in [0.5, 0.6) is 0 Å². The van der Waals surface area contributed by atoms with Crippen LogP contribution < -0.4 is 5.32 Å². The van der Waals surface area contributed by atoms with E-state index in [1.807, 2.05) is 6.07 Å². The number of hydrogen-bond acceptors (Lipinski definition) is 2. The van der Waals surface area contributed by atoms with Gasteiger partial charge in [-0.05, 0) is 43.1 Å². The molecule has 4 nitrogen and oxygen atoms in total. The van der Waals surface area contributed by atoms with E-state index in [2.05, 4.69) is 34.5 Å². The Morgan fingerprint density at radius 1 is 1.00 bits per heavy atom. The molecule has 0 radical (unpaired) electrons. The lowest BCUT2D eigenvalue weighted by molar-refractivity contribution is 0.146. The second kappa shape index (κ2) is 8.62. The molecule has 0 aromatic heterocycles. The van der Waals surface area contributed by atoms with E-state index >= 15 is 0 Å². The van der Waals surface area contributed by atoms with Crippen LogP contribution in [-0.2, 0) is 6.42 Å². The van der Waals surface area contributed by atoms with E-state index in [0.717, 1.165) is 32.5 Å². The first kappa shape index (κ1) is 17.4. The molecular formula is C20H24FN3O. The molecule has 1 N–H and O–H groups in total. The Labute approximate surface area is 148 Å². The molecule has 0 bridgehead atoms. The summed E-state index contributed by atoms with van der Waals surface area (Å²) >= 11 is 0. The highest BCUT2D eigenvalue weighted by atomic mass is 19.1. The van der Waals surface area contributed by atoms with Crippen LogP contribution in [0.3, 0.4) is 0 Å². The summed E-state index contributed by atoms with van der Waals surface area (Å²) in [5.41, 5.74) is 1.87. The summed E-state index contributed by atoms with van der Waals surface area (Å²) in [6.07, 6.45) is 2.21. The van der Waals surface area contributed by atoms with Gasteiger partial charge in [0.25, 0.3) is 0 Å². The van der Waals surface area contributed by atoms with Crippen molar-refractivity contribution in [3.05, 3.63) is 66.0 Å². The largest absolute Gasteiger partial charge is 0.322 e. The van der Waals surface area contributed by atoms with E-state index < -0.39 is 0 Å². The number of benzene rings is 2. The first-order valence-electron chi connectivity index (χ1n) is 8.78. The topological polar surface area (TPSA) is 35.6 Å². The fourth-order valence-corrected chi connectivity index (χ4v) is 3.09. The SMILES string of the molecule is O=C(Nc1cccc(F)c1)N1CCN(CCCc2ccccc2)CC1. The van der Waals surface area contributed by atoms with Gasteiger partial charge in [-0.1, -0.05) is 36.4 Å². The highest BCUT2D eigenvalue weighted by Gasteiger charge is 2.20. The van der Waals surface area contributed by atoms with Crippen LogP contribution in [0.1, 0.15) is 12.0 Å². The molecule has 1 aliphatic rings. The fourth-order valence-electron chi connectivity index (χ4n) is 3.09. The van der Waals surface area contributed by atoms with Crippen LogP contribution in [0, 0.1) is 5.82 Å².